The number of carbonyl (C=O) groups excluding carboxylic acids is 3. The second-order valence-corrected chi connectivity index (χ2v) is 6.74. The number of fused-ring (bicyclic) bond motifs is 1. The Balaban J connectivity index is 1.65. The van der Waals surface area contributed by atoms with Crippen LogP contribution in [0.15, 0.2) is 42.5 Å². The van der Waals surface area contributed by atoms with Crippen LogP contribution in [0.4, 0.5) is 15.8 Å². The quantitative estimate of drug-likeness (QED) is 0.798. The molecule has 2 aromatic carbocycles. The number of hydrogen-bond donors (Lipinski definition) is 1. The number of nitrogens with one attached hydrogen (secondary N) is 1. The number of nitrogens with zero attached hydrogens (tertiary/aromatic N) is 1. The van der Waals surface area contributed by atoms with Crippen LogP contribution in [0, 0.1) is 12.7 Å². The zero-order chi connectivity index (χ0) is 21.1. The highest BCUT2D eigenvalue weighted by Gasteiger charge is 2.35. The molecule has 8 heteroatoms. The predicted molar refractivity (Wildman–Crippen MR) is 104 cm³/mol. The molecule has 0 unspecified atom stereocenters. The normalized spacial score (nSPS) is 16.3. The number of aryl methyl sites for hydroxylation is 1. The maximum absolute atomic E-state index is 13.6. The van der Waals surface area contributed by atoms with Crippen molar-refractivity contribution >= 4 is 29.2 Å². The third-order valence-electron chi connectivity index (χ3n) is 4.52. The van der Waals surface area contributed by atoms with Crippen LogP contribution in [0.1, 0.15) is 19.4 Å². The average Bonchev–Trinajstić information content (AvgIpc) is 2.69. The van der Waals surface area contributed by atoms with Crippen molar-refractivity contribution < 1.29 is 28.2 Å². The van der Waals surface area contributed by atoms with E-state index >= 15 is 0 Å². The van der Waals surface area contributed by atoms with Gasteiger partial charge in [-0.3, -0.25) is 9.59 Å². The molecule has 1 aliphatic rings. The van der Waals surface area contributed by atoms with Crippen LogP contribution in [0.25, 0.3) is 0 Å². The molecule has 0 aromatic heterocycles. The smallest absolute Gasteiger partial charge is 0.350 e. The zero-order valence-corrected chi connectivity index (χ0v) is 16.3. The number of carbonyl (C=O) groups is 3. The molecule has 29 heavy (non-hydrogen) atoms. The molecule has 0 saturated carbocycles. The number of amides is 2. The van der Waals surface area contributed by atoms with Crippen LogP contribution in [0.2, 0.25) is 0 Å². The summed E-state index contributed by atoms with van der Waals surface area (Å²) in [6.45, 7) is 4.37. The molecule has 0 fully saturated rings. The first-order valence-corrected chi connectivity index (χ1v) is 9.07. The Bertz CT molecular complexity index is 962. The van der Waals surface area contributed by atoms with Gasteiger partial charge in [-0.2, -0.15) is 0 Å². The minimum atomic E-state index is -1.14. The molecule has 2 aromatic rings. The van der Waals surface area contributed by atoms with Gasteiger partial charge in [0.1, 0.15) is 11.6 Å². The number of rotatable bonds is 4. The van der Waals surface area contributed by atoms with Crippen LogP contribution >= 0.6 is 0 Å². The van der Waals surface area contributed by atoms with Gasteiger partial charge in [-0.25, -0.2) is 9.18 Å². The summed E-state index contributed by atoms with van der Waals surface area (Å²) in [5, 5.41) is 2.50. The maximum Gasteiger partial charge on any atom is 0.350 e. The van der Waals surface area contributed by atoms with Gasteiger partial charge in [0.25, 0.3) is 5.91 Å². The third kappa shape index (κ3) is 4.53. The summed E-state index contributed by atoms with van der Waals surface area (Å²) in [5.41, 5.74) is 1.27. The fourth-order valence-corrected chi connectivity index (χ4v) is 2.87. The lowest BCUT2D eigenvalue weighted by molar-refractivity contribution is -0.160. The highest BCUT2D eigenvalue weighted by Crippen LogP contribution is 2.33. The molecule has 0 radical (unpaired) electrons. The van der Waals surface area contributed by atoms with Crippen molar-refractivity contribution in [3.05, 3.63) is 53.8 Å². The van der Waals surface area contributed by atoms with Gasteiger partial charge in [-0.15, -0.1) is 0 Å². The van der Waals surface area contributed by atoms with Crippen molar-refractivity contribution in [2.75, 3.05) is 16.8 Å². The average molecular weight is 400 g/mol. The molecular weight excluding hydrogens is 379 g/mol. The van der Waals surface area contributed by atoms with Crippen molar-refractivity contribution in [3.8, 4) is 5.75 Å². The summed E-state index contributed by atoms with van der Waals surface area (Å²) in [7, 11) is 0. The number of halogens is 1. The van der Waals surface area contributed by atoms with Crippen LogP contribution in [0.5, 0.6) is 5.75 Å². The molecule has 1 aliphatic heterocycles. The Morgan fingerprint density at radius 3 is 2.66 bits per heavy atom. The van der Waals surface area contributed by atoms with Crippen LogP contribution in [-0.4, -0.2) is 36.5 Å². The second kappa shape index (κ2) is 8.30. The number of ether oxygens (including phenoxy) is 2. The predicted octanol–water partition coefficient (Wildman–Crippen LogP) is 2.82. The molecule has 0 saturated heterocycles. The van der Waals surface area contributed by atoms with Gasteiger partial charge in [-0.1, -0.05) is 18.2 Å². The first-order valence-electron chi connectivity index (χ1n) is 9.07. The summed E-state index contributed by atoms with van der Waals surface area (Å²) in [4.78, 5) is 38.2. The van der Waals surface area contributed by atoms with Gasteiger partial charge >= 0.3 is 5.97 Å². The molecule has 152 valence electrons. The third-order valence-corrected chi connectivity index (χ3v) is 4.52. The van der Waals surface area contributed by atoms with Gasteiger partial charge in [0, 0.05) is 12.6 Å². The minimum Gasteiger partial charge on any atom is -0.475 e. The van der Waals surface area contributed by atoms with Crippen LogP contribution in [-0.2, 0) is 19.1 Å². The maximum atomic E-state index is 13.6. The van der Waals surface area contributed by atoms with Gasteiger partial charge in [0.2, 0.25) is 12.0 Å². The molecule has 0 aliphatic carbocycles. The molecule has 1 heterocycles. The summed E-state index contributed by atoms with van der Waals surface area (Å²) in [6.07, 6.45) is -2.21. The number of para-hydroxylation sites is 2. The molecule has 2 atom stereocenters. The molecule has 7 nitrogen and oxygen atoms in total. The van der Waals surface area contributed by atoms with Crippen molar-refractivity contribution in [2.24, 2.45) is 0 Å². The summed E-state index contributed by atoms with van der Waals surface area (Å²) in [5.74, 6) is -1.70. The van der Waals surface area contributed by atoms with Crippen LogP contribution in [0.3, 0.4) is 0 Å². The van der Waals surface area contributed by atoms with E-state index in [-0.39, 0.29) is 18.1 Å². The number of benzene rings is 2. The number of esters is 1. The van der Waals surface area contributed by atoms with Crippen molar-refractivity contribution in [2.45, 2.75) is 33.0 Å². The topological polar surface area (TPSA) is 84.9 Å². The van der Waals surface area contributed by atoms with E-state index in [1.165, 1.54) is 30.9 Å². The highest BCUT2D eigenvalue weighted by atomic mass is 19.1. The van der Waals surface area contributed by atoms with Gasteiger partial charge in [0.05, 0.1) is 12.2 Å². The first-order chi connectivity index (χ1) is 13.8. The largest absolute Gasteiger partial charge is 0.475 e. The van der Waals surface area contributed by atoms with E-state index in [1.807, 2.05) is 0 Å². The SMILES string of the molecule is CC(=O)N1C[C@@H](C(=O)O[C@@H](C)C(=O)Nc2ccc(C)c(F)c2)Oc2ccccc21. The molecular formula is C21H21FN2O5. The lowest BCUT2D eigenvalue weighted by atomic mass is 10.2. The van der Waals surface area contributed by atoms with E-state index in [0.717, 1.165) is 0 Å². The van der Waals surface area contributed by atoms with Crippen LogP contribution < -0.4 is 15.0 Å². The minimum absolute atomic E-state index is 0.0251. The van der Waals surface area contributed by atoms with E-state index in [0.29, 0.717) is 17.0 Å². The Labute approximate surface area is 167 Å². The molecule has 0 spiro atoms. The fourth-order valence-electron chi connectivity index (χ4n) is 2.87. The highest BCUT2D eigenvalue weighted by molar-refractivity contribution is 5.97. The Morgan fingerprint density at radius 1 is 1.24 bits per heavy atom. The molecule has 2 amide bonds. The monoisotopic (exact) mass is 400 g/mol. The molecule has 0 bridgehead atoms. The number of hydrogen-bond acceptors (Lipinski definition) is 5. The molecule has 3 rings (SSSR count). The van der Waals surface area contributed by atoms with Crippen molar-refractivity contribution in [3.63, 3.8) is 0 Å². The van der Waals surface area contributed by atoms with Gasteiger partial charge in [-0.05, 0) is 43.7 Å². The summed E-state index contributed by atoms with van der Waals surface area (Å²) >= 11 is 0. The van der Waals surface area contributed by atoms with Crippen molar-refractivity contribution in [1.82, 2.24) is 0 Å². The lowest BCUT2D eigenvalue weighted by Crippen LogP contribution is -2.48. The van der Waals surface area contributed by atoms with E-state index in [1.54, 1.807) is 37.3 Å². The fraction of sp³-hybridized carbons (Fsp3) is 0.286. The Hall–Kier alpha value is -3.42. The van der Waals surface area contributed by atoms with E-state index in [9.17, 15) is 18.8 Å². The zero-order valence-electron chi connectivity index (χ0n) is 16.3. The Kier molecular flexibility index (Phi) is 5.81. The lowest BCUT2D eigenvalue weighted by Gasteiger charge is -2.33. The summed E-state index contributed by atoms with van der Waals surface area (Å²) < 4.78 is 24.5. The van der Waals surface area contributed by atoms with Gasteiger partial charge < -0.3 is 19.7 Å². The van der Waals surface area contributed by atoms with E-state index in [4.69, 9.17) is 9.47 Å². The van der Waals surface area contributed by atoms with E-state index in [2.05, 4.69) is 5.32 Å². The Morgan fingerprint density at radius 2 is 1.97 bits per heavy atom. The first kappa shape index (κ1) is 20.3. The standard InChI is InChI=1S/C21H21FN2O5/c1-12-8-9-15(10-16(12)22)23-20(26)13(2)28-21(27)19-11-24(14(3)25)17-6-4-5-7-18(17)29-19/h4-10,13,19H,11H2,1-3H3,(H,23,26)/t13-,19-/m0/s1. The van der Waals surface area contributed by atoms with Crippen molar-refractivity contribution in [1.29, 1.82) is 0 Å². The van der Waals surface area contributed by atoms with E-state index < -0.39 is 29.9 Å². The summed E-state index contributed by atoms with van der Waals surface area (Å²) in [6, 6.07) is 11.1. The second-order valence-electron chi connectivity index (χ2n) is 6.74. The molecule has 1 N–H and O–H groups in total. The number of anilines is 2. The van der Waals surface area contributed by atoms with Gasteiger partial charge in [0.15, 0.2) is 6.10 Å².